The van der Waals surface area contributed by atoms with Gasteiger partial charge in [0.25, 0.3) is 0 Å². The summed E-state index contributed by atoms with van der Waals surface area (Å²) in [7, 11) is 1.43. The molecule has 0 radical (unpaired) electrons. The molecular formula is C15H15NO2S. The van der Waals surface area contributed by atoms with Crippen LogP contribution in [-0.4, -0.2) is 24.9 Å². The predicted molar refractivity (Wildman–Crippen MR) is 78.1 cm³/mol. The number of ether oxygens (including phenoxy) is 1. The minimum atomic E-state index is -0.209. The second-order valence-corrected chi connectivity index (χ2v) is 5.66. The maximum absolute atomic E-state index is 11.6. The number of hydrogen-bond donors (Lipinski definition) is 1. The van der Waals surface area contributed by atoms with Crippen LogP contribution in [0.15, 0.2) is 42.5 Å². The van der Waals surface area contributed by atoms with Gasteiger partial charge >= 0.3 is 5.97 Å². The van der Waals surface area contributed by atoms with Gasteiger partial charge in [0.05, 0.1) is 12.5 Å². The van der Waals surface area contributed by atoms with E-state index in [-0.39, 0.29) is 17.4 Å². The molecule has 1 fully saturated rings. The highest BCUT2D eigenvalue weighted by molar-refractivity contribution is 7.99. The fourth-order valence-electron chi connectivity index (χ4n) is 2.41. The van der Waals surface area contributed by atoms with Gasteiger partial charge in [-0.25, -0.2) is 0 Å². The van der Waals surface area contributed by atoms with E-state index in [9.17, 15) is 4.79 Å². The Hall–Kier alpha value is -1.52. The average Bonchev–Trinajstić information content (AvgIpc) is 2.95. The van der Waals surface area contributed by atoms with Gasteiger partial charge in [0.2, 0.25) is 0 Å². The Balaban J connectivity index is 1.92. The molecule has 1 aliphatic rings. The topological polar surface area (TPSA) is 38.3 Å². The third-order valence-corrected chi connectivity index (χ3v) is 4.62. The molecule has 1 aliphatic heterocycles. The van der Waals surface area contributed by atoms with Crippen molar-refractivity contribution in [3.63, 3.8) is 0 Å². The smallest absolute Gasteiger partial charge is 0.323 e. The molecule has 3 nitrogen and oxygen atoms in total. The summed E-state index contributed by atoms with van der Waals surface area (Å²) >= 11 is 1.75. The Bertz CT molecular complexity index is 609. The molecule has 3 rings (SSSR count). The molecular weight excluding hydrogens is 258 g/mol. The highest BCUT2D eigenvalue weighted by atomic mass is 32.2. The van der Waals surface area contributed by atoms with Gasteiger partial charge in [0.15, 0.2) is 0 Å². The Morgan fingerprint density at radius 1 is 1.26 bits per heavy atom. The van der Waals surface area contributed by atoms with Crippen LogP contribution in [0.4, 0.5) is 0 Å². The summed E-state index contributed by atoms with van der Waals surface area (Å²) in [6.45, 7) is 0. The molecule has 0 aromatic heterocycles. The van der Waals surface area contributed by atoms with Crippen LogP contribution in [0.2, 0.25) is 0 Å². The maximum atomic E-state index is 11.6. The zero-order valence-corrected chi connectivity index (χ0v) is 11.4. The van der Waals surface area contributed by atoms with Crippen molar-refractivity contribution in [2.24, 2.45) is 0 Å². The second kappa shape index (κ2) is 5.23. The summed E-state index contributed by atoms with van der Waals surface area (Å²) in [5, 5.41) is 5.95. The molecule has 2 aromatic rings. The first-order valence-corrected chi connectivity index (χ1v) is 7.27. The first-order chi connectivity index (χ1) is 9.29. The fourth-order valence-corrected chi connectivity index (χ4v) is 3.67. The van der Waals surface area contributed by atoms with Crippen molar-refractivity contribution in [3.05, 3.63) is 48.0 Å². The van der Waals surface area contributed by atoms with E-state index < -0.39 is 0 Å². The molecule has 1 unspecified atom stereocenters. The lowest BCUT2D eigenvalue weighted by Gasteiger charge is -2.14. The van der Waals surface area contributed by atoms with Crippen molar-refractivity contribution in [2.75, 3.05) is 12.9 Å². The van der Waals surface area contributed by atoms with Crippen LogP contribution >= 0.6 is 11.8 Å². The van der Waals surface area contributed by atoms with E-state index >= 15 is 0 Å². The standard InChI is InChI=1S/C15H15NO2S/c1-18-15(17)13-9-19-14(16-13)12-8-4-6-10-5-2-3-7-11(10)12/h2-8,13-14,16H,9H2,1H3/t13-,14?/m0/s1. The summed E-state index contributed by atoms with van der Waals surface area (Å²) in [6, 6.07) is 14.4. The van der Waals surface area contributed by atoms with Crippen molar-refractivity contribution in [1.29, 1.82) is 0 Å². The largest absolute Gasteiger partial charge is 0.468 e. The quantitative estimate of drug-likeness (QED) is 0.854. The van der Waals surface area contributed by atoms with E-state index in [1.54, 1.807) is 11.8 Å². The van der Waals surface area contributed by atoms with Crippen molar-refractivity contribution < 1.29 is 9.53 Å². The van der Waals surface area contributed by atoms with Gasteiger partial charge in [0, 0.05) is 5.75 Å². The SMILES string of the molecule is COC(=O)[C@@H]1CSC(c2cccc3ccccc23)N1. The van der Waals surface area contributed by atoms with E-state index in [4.69, 9.17) is 4.74 Å². The van der Waals surface area contributed by atoms with Gasteiger partial charge in [-0.05, 0) is 16.3 Å². The van der Waals surface area contributed by atoms with Crippen LogP contribution in [0, 0.1) is 0 Å². The van der Waals surface area contributed by atoms with Crippen LogP contribution < -0.4 is 5.32 Å². The summed E-state index contributed by atoms with van der Waals surface area (Å²) < 4.78 is 4.79. The van der Waals surface area contributed by atoms with Gasteiger partial charge in [-0.2, -0.15) is 0 Å². The molecule has 0 amide bonds. The Kier molecular flexibility index (Phi) is 3.44. The lowest BCUT2D eigenvalue weighted by Crippen LogP contribution is -2.34. The normalized spacial score (nSPS) is 22.6. The number of rotatable bonds is 2. The Morgan fingerprint density at radius 2 is 2.05 bits per heavy atom. The Morgan fingerprint density at radius 3 is 2.89 bits per heavy atom. The third kappa shape index (κ3) is 2.33. The highest BCUT2D eigenvalue weighted by Gasteiger charge is 2.31. The number of esters is 1. The molecule has 2 aromatic carbocycles. The molecule has 0 saturated carbocycles. The molecule has 0 bridgehead atoms. The third-order valence-electron chi connectivity index (χ3n) is 3.37. The van der Waals surface area contributed by atoms with Gasteiger partial charge in [-0.1, -0.05) is 42.5 Å². The molecule has 0 spiro atoms. The van der Waals surface area contributed by atoms with Gasteiger partial charge in [0.1, 0.15) is 6.04 Å². The maximum Gasteiger partial charge on any atom is 0.323 e. The van der Waals surface area contributed by atoms with Crippen LogP contribution in [0.1, 0.15) is 10.9 Å². The van der Waals surface area contributed by atoms with Crippen molar-refractivity contribution in [3.8, 4) is 0 Å². The number of methoxy groups -OCH3 is 1. The molecule has 0 aliphatic carbocycles. The molecule has 1 heterocycles. The van der Waals surface area contributed by atoms with Crippen LogP contribution in [-0.2, 0) is 9.53 Å². The van der Waals surface area contributed by atoms with Crippen molar-refractivity contribution in [1.82, 2.24) is 5.32 Å². The van der Waals surface area contributed by atoms with E-state index in [1.807, 2.05) is 12.1 Å². The van der Waals surface area contributed by atoms with Crippen LogP contribution in [0.3, 0.4) is 0 Å². The zero-order valence-electron chi connectivity index (χ0n) is 10.6. The highest BCUT2D eigenvalue weighted by Crippen LogP contribution is 2.36. The monoisotopic (exact) mass is 273 g/mol. The van der Waals surface area contributed by atoms with Gasteiger partial charge in [-0.3, -0.25) is 10.1 Å². The zero-order chi connectivity index (χ0) is 13.2. The molecule has 4 heteroatoms. The van der Waals surface area contributed by atoms with E-state index in [0.717, 1.165) is 5.75 Å². The van der Waals surface area contributed by atoms with Crippen molar-refractivity contribution >= 4 is 28.5 Å². The molecule has 1 N–H and O–H groups in total. The molecule has 98 valence electrons. The summed E-state index contributed by atoms with van der Waals surface area (Å²) in [5.74, 6) is 0.566. The minimum Gasteiger partial charge on any atom is -0.468 e. The predicted octanol–water partition coefficient (Wildman–Crippen LogP) is 2.72. The molecule has 1 saturated heterocycles. The van der Waals surface area contributed by atoms with E-state index in [2.05, 4.69) is 35.6 Å². The number of thioether (sulfide) groups is 1. The van der Waals surface area contributed by atoms with E-state index in [0.29, 0.717) is 0 Å². The fraction of sp³-hybridized carbons (Fsp3) is 0.267. The second-order valence-electron chi connectivity index (χ2n) is 4.52. The van der Waals surface area contributed by atoms with Gasteiger partial charge in [-0.15, -0.1) is 11.8 Å². The lowest BCUT2D eigenvalue weighted by molar-refractivity contribution is -0.142. The number of fused-ring (bicyclic) bond motifs is 1. The summed E-state index contributed by atoms with van der Waals surface area (Å²) in [4.78, 5) is 11.6. The number of carbonyl (C=O) groups is 1. The molecule has 2 atom stereocenters. The minimum absolute atomic E-state index is 0.148. The molecule has 19 heavy (non-hydrogen) atoms. The average molecular weight is 273 g/mol. The van der Waals surface area contributed by atoms with Gasteiger partial charge < -0.3 is 4.74 Å². The number of carbonyl (C=O) groups excluding carboxylic acids is 1. The summed E-state index contributed by atoms with van der Waals surface area (Å²) in [6.07, 6.45) is 0. The van der Waals surface area contributed by atoms with Crippen LogP contribution in [0.5, 0.6) is 0 Å². The van der Waals surface area contributed by atoms with Crippen molar-refractivity contribution in [2.45, 2.75) is 11.4 Å². The summed E-state index contributed by atoms with van der Waals surface area (Å²) in [5.41, 5.74) is 1.23. The number of nitrogens with one attached hydrogen (secondary N) is 1. The number of benzene rings is 2. The first kappa shape index (κ1) is 12.5. The Labute approximate surface area is 116 Å². The number of hydrogen-bond acceptors (Lipinski definition) is 4. The van der Waals surface area contributed by atoms with Crippen LogP contribution in [0.25, 0.3) is 10.8 Å². The van der Waals surface area contributed by atoms with E-state index in [1.165, 1.54) is 23.4 Å². The lowest BCUT2D eigenvalue weighted by atomic mass is 10.0. The first-order valence-electron chi connectivity index (χ1n) is 6.23.